The van der Waals surface area contributed by atoms with Gasteiger partial charge in [0.25, 0.3) is 0 Å². The molecule has 0 aliphatic carbocycles. The van der Waals surface area contributed by atoms with Crippen molar-refractivity contribution in [2.75, 3.05) is 5.75 Å². The van der Waals surface area contributed by atoms with Gasteiger partial charge in [-0.1, -0.05) is 70.5 Å². The molecule has 0 N–H and O–H groups in total. The number of pyridine rings is 1. The van der Waals surface area contributed by atoms with Gasteiger partial charge in [-0.15, -0.1) is 0 Å². The van der Waals surface area contributed by atoms with Gasteiger partial charge in [0, 0.05) is 29.6 Å². The summed E-state index contributed by atoms with van der Waals surface area (Å²) in [6.07, 6.45) is 10.0. The van der Waals surface area contributed by atoms with Crippen LogP contribution in [0.2, 0.25) is 0 Å². The summed E-state index contributed by atoms with van der Waals surface area (Å²) in [6, 6.07) is 22.7. The molecule has 1 heterocycles. The summed E-state index contributed by atoms with van der Waals surface area (Å²) >= 11 is 0. The minimum absolute atomic E-state index is 0.0749. The third kappa shape index (κ3) is 6.47. The number of ether oxygens (including phenoxy) is 1. The maximum absolute atomic E-state index is 14.0. The number of benzene rings is 3. The second kappa shape index (κ2) is 12.3. The normalized spacial score (nSPS) is 11.3. The topological polar surface area (TPSA) is 74.6 Å². The van der Waals surface area contributed by atoms with Gasteiger partial charge in [-0.05, 0) is 65.8 Å². The highest BCUT2D eigenvalue weighted by atomic mass is 32.2. The smallest absolute Gasteiger partial charge is 0.309 e. The molecular formula is C33H33NO5S. The third-order valence-corrected chi connectivity index (χ3v) is 7.91. The Labute approximate surface area is 236 Å². The Morgan fingerprint density at radius 1 is 0.875 bits per heavy atom. The number of aryl methyl sites for hydroxylation is 1. The molecule has 0 bridgehead atoms. The standard InChI is InChI=1S/C33H33NO5S/c1-6-19-40(36,37)39-27-17-18-28(24(7-2)20-27)30-21-34(8-3)22-31(33(30)35)29-11-9-10-12-32(29)38-26-15-13-25(14-16-26)23(4)5/h3,9-18,20-23H,6-7,19H2,1-2,4-5H3. The van der Waals surface area contributed by atoms with E-state index in [0.717, 1.165) is 5.56 Å². The van der Waals surface area contributed by atoms with Gasteiger partial charge in [-0.3, -0.25) is 9.36 Å². The van der Waals surface area contributed by atoms with Crippen LogP contribution >= 0.6 is 0 Å². The van der Waals surface area contributed by atoms with Gasteiger partial charge >= 0.3 is 10.1 Å². The molecule has 0 spiro atoms. The maximum Gasteiger partial charge on any atom is 0.309 e. The molecule has 206 valence electrons. The van der Waals surface area contributed by atoms with E-state index in [0.29, 0.717) is 52.5 Å². The van der Waals surface area contributed by atoms with Crippen LogP contribution in [0.1, 0.15) is 51.2 Å². The van der Waals surface area contributed by atoms with E-state index in [9.17, 15) is 13.2 Å². The Morgan fingerprint density at radius 2 is 1.52 bits per heavy atom. The molecule has 0 aliphatic rings. The first-order valence-electron chi connectivity index (χ1n) is 13.3. The van der Waals surface area contributed by atoms with Crippen LogP contribution in [0.25, 0.3) is 22.3 Å². The zero-order chi connectivity index (χ0) is 28.9. The fourth-order valence-corrected chi connectivity index (χ4v) is 5.46. The largest absolute Gasteiger partial charge is 0.457 e. The van der Waals surface area contributed by atoms with Gasteiger partial charge in [-0.2, -0.15) is 8.42 Å². The molecule has 0 unspecified atom stereocenters. The monoisotopic (exact) mass is 555 g/mol. The highest BCUT2D eigenvalue weighted by Gasteiger charge is 2.19. The average molecular weight is 556 g/mol. The lowest BCUT2D eigenvalue weighted by molar-refractivity contribution is 0.483. The zero-order valence-corrected chi connectivity index (χ0v) is 24.0. The van der Waals surface area contributed by atoms with Gasteiger partial charge < -0.3 is 8.92 Å². The number of hydrogen-bond donors (Lipinski definition) is 0. The number of rotatable bonds is 10. The quantitative estimate of drug-likeness (QED) is 0.153. The highest BCUT2D eigenvalue weighted by Crippen LogP contribution is 2.34. The summed E-state index contributed by atoms with van der Waals surface area (Å²) < 4.78 is 37.4. The number of aromatic nitrogens is 1. The predicted octanol–water partition coefficient (Wildman–Crippen LogP) is 7.22. The van der Waals surface area contributed by atoms with Crippen LogP contribution < -0.4 is 14.3 Å². The molecule has 4 rings (SSSR count). The molecule has 0 fully saturated rings. The van der Waals surface area contributed by atoms with E-state index in [2.05, 4.69) is 19.9 Å². The van der Waals surface area contributed by atoms with Crippen LogP contribution in [-0.2, 0) is 16.5 Å². The van der Waals surface area contributed by atoms with Gasteiger partial charge in [0.05, 0.1) is 11.3 Å². The summed E-state index contributed by atoms with van der Waals surface area (Å²) in [7, 11) is -3.69. The SMILES string of the molecule is C#Cn1cc(-c2ccc(OS(=O)(=O)CCC)cc2CC)c(=O)c(-c2ccccc2Oc2ccc(C(C)C)cc2)c1. The third-order valence-electron chi connectivity index (χ3n) is 6.55. The van der Waals surface area contributed by atoms with E-state index >= 15 is 0 Å². The summed E-state index contributed by atoms with van der Waals surface area (Å²) in [4.78, 5) is 14.0. The second-order valence-electron chi connectivity index (χ2n) is 9.79. The predicted molar refractivity (Wildman–Crippen MR) is 160 cm³/mol. The van der Waals surface area contributed by atoms with Crippen LogP contribution in [0.5, 0.6) is 17.2 Å². The maximum atomic E-state index is 14.0. The van der Waals surface area contributed by atoms with Crippen molar-refractivity contribution in [3.8, 4) is 52.0 Å². The van der Waals surface area contributed by atoms with Gasteiger partial charge in [0.1, 0.15) is 17.2 Å². The van der Waals surface area contributed by atoms with E-state index in [1.807, 2.05) is 55.5 Å². The van der Waals surface area contributed by atoms with E-state index in [4.69, 9.17) is 15.3 Å². The van der Waals surface area contributed by atoms with Crippen molar-refractivity contribution in [3.63, 3.8) is 0 Å². The highest BCUT2D eigenvalue weighted by molar-refractivity contribution is 7.87. The molecule has 7 heteroatoms. The summed E-state index contributed by atoms with van der Waals surface area (Å²) in [5.74, 6) is 1.73. The first kappa shape index (κ1) is 28.7. The van der Waals surface area contributed by atoms with Crippen molar-refractivity contribution >= 4 is 10.1 Å². The van der Waals surface area contributed by atoms with Crippen molar-refractivity contribution in [2.45, 2.75) is 46.5 Å². The lowest BCUT2D eigenvalue weighted by Crippen LogP contribution is -2.14. The summed E-state index contributed by atoms with van der Waals surface area (Å²) in [5, 5.41) is 0. The van der Waals surface area contributed by atoms with Gasteiger partial charge in [-0.25, -0.2) is 0 Å². The van der Waals surface area contributed by atoms with Crippen LogP contribution in [0.4, 0.5) is 0 Å². The molecule has 0 amide bonds. The van der Waals surface area contributed by atoms with Crippen LogP contribution in [0, 0.1) is 12.5 Å². The Kier molecular flexibility index (Phi) is 8.81. The second-order valence-corrected chi connectivity index (χ2v) is 11.5. The Bertz CT molecular complexity index is 1710. The molecule has 0 atom stereocenters. The van der Waals surface area contributed by atoms with Crippen LogP contribution in [0.3, 0.4) is 0 Å². The number of terminal acetylenes is 1. The number of para-hydroxylation sites is 1. The minimum Gasteiger partial charge on any atom is -0.457 e. The van der Waals surface area contributed by atoms with E-state index in [1.54, 1.807) is 37.5 Å². The van der Waals surface area contributed by atoms with Crippen LogP contribution in [-0.4, -0.2) is 18.7 Å². The number of hydrogen-bond acceptors (Lipinski definition) is 5. The minimum atomic E-state index is -3.69. The van der Waals surface area contributed by atoms with Crippen molar-refractivity contribution in [1.29, 1.82) is 0 Å². The lowest BCUT2D eigenvalue weighted by Gasteiger charge is -2.15. The number of nitrogens with zero attached hydrogens (tertiary/aromatic N) is 1. The van der Waals surface area contributed by atoms with Crippen LogP contribution in [0.15, 0.2) is 83.9 Å². The Morgan fingerprint density at radius 3 is 2.15 bits per heavy atom. The van der Waals surface area contributed by atoms with Gasteiger partial charge in [0.15, 0.2) is 5.43 Å². The summed E-state index contributed by atoms with van der Waals surface area (Å²) in [6.45, 7) is 7.97. The molecule has 40 heavy (non-hydrogen) atoms. The fourth-order valence-electron chi connectivity index (χ4n) is 4.48. The van der Waals surface area contributed by atoms with E-state index in [1.165, 1.54) is 10.1 Å². The van der Waals surface area contributed by atoms with Crippen molar-refractivity contribution < 1.29 is 17.3 Å². The Balaban J connectivity index is 1.79. The first-order valence-corrected chi connectivity index (χ1v) is 14.9. The molecule has 0 saturated heterocycles. The average Bonchev–Trinajstić information content (AvgIpc) is 2.93. The van der Waals surface area contributed by atoms with Crippen molar-refractivity contribution in [1.82, 2.24) is 4.57 Å². The first-order chi connectivity index (χ1) is 19.2. The van der Waals surface area contributed by atoms with Crippen molar-refractivity contribution in [3.05, 3.63) is 100 Å². The van der Waals surface area contributed by atoms with E-state index in [-0.39, 0.29) is 16.9 Å². The van der Waals surface area contributed by atoms with Crippen molar-refractivity contribution in [2.24, 2.45) is 0 Å². The summed E-state index contributed by atoms with van der Waals surface area (Å²) in [5.41, 5.74) is 3.79. The molecule has 0 aliphatic heterocycles. The molecular weight excluding hydrogens is 522 g/mol. The van der Waals surface area contributed by atoms with Gasteiger partial charge in [0.2, 0.25) is 0 Å². The van der Waals surface area contributed by atoms with E-state index < -0.39 is 10.1 Å². The molecule has 1 aromatic heterocycles. The molecule has 0 radical (unpaired) electrons. The fraction of sp³-hybridized carbons (Fsp3) is 0.242. The zero-order valence-electron chi connectivity index (χ0n) is 23.2. The Hall–Kier alpha value is -4.28. The molecule has 6 nitrogen and oxygen atoms in total. The molecule has 0 saturated carbocycles. The lowest BCUT2D eigenvalue weighted by atomic mass is 9.95. The molecule has 4 aromatic rings. The molecule has 3 aromatic carbocycles.